The molecule has 1 heterocycles. The number of piperazine rings is 1. The van der Waals surface area contributed by atoms with Crippen molar-refractivity contribution in [3.8, 4) is 0 Å². The van der Waals surface area contributed by atoms with Gasteiger partial charge in [-0.25, -0.2) is 4.39 Å². The average Bonchev–Trinajstić information content (AvgIpc) is 2.44. The fourth-order valence-electron chi connectivity index (χ4n) is 2.75. The zero-order chi connectivity index (χ0) is 17.3. The molecule has 1 N–H and O–H groups in total. The first-order valence-electron chi connectivity index (χ1n) is 6.97. The van der Waals surface area contributed by atoms with E-state index >= 15 is 0 Å². The molecule has 11 heteroatoms. The third-order valence-corrected chi connectivity index (χ3v) is 3.71. The zero-order valence-electron chi connectivity index (χ0n) is 12.8. The molecule has 0 spiro atoms. The summed E-state index contributed by atoms with van der Waals surface area (Å²) in [6.07, 6.45) is -11.2. The van der Waals surface area contributed by atoms with Gasteiger partial charge in [0.15, 0.2) is 0 Å². The van der Waals surface area contributed by atoms with E-state index in [9.17, 15) is 30.7 Å². The Kier molecular flexibility index (Phi) is 8.96. The summed E-state index contributed by atoms with van der Waals surface area (Å²) >= 11 is 0. The van der Waals surface area contributed by atoms with Gasteiger partial charge in [0.1, 0.15) is 5.82 Å². The molecule has 1 aliphatic heterocycles. The van der Waals surface area contributed by atoms with Crippen LogP contribution in [0.4, 0.5) is 30.7 Å². The second-order valence-corrected chi connectivity index (χ2v) is 5.32. The fraction of sp³-hybridized carbons (Fsp3) is 0.571. The number of nitrogens with one attached hydrogen (secondary N) is 1. The molecule has 146 valence electrons. The molecule has 2 rings (SSSR count). The summed E-state index contributed by atoms with van der Waals surface area (Å²) in [4.78, 5) is 1.25. The molecule has 1 aromatic carbocycles. The molecule has 0 radical (unpaired) electrons. The Morgan fingerprint density at radius 1 is 1.00 bits per heavy atom. The maximum Gasteiger partial charge on any atom is 0.416 e. The number of alkyl halides is 6. The highest BCUT2D eigenvalue weighted by Crippen LogP contribution is 2.41. The lowest BCUT2D eigenvalue weighted by Crippen LogP contribution is -2.46. The first-order chi connectivity index (χ1) is 10.6. The molecule has 1 aliphatic rings. The van der Waals surface area contributed by atoms with Crippen molar-refractivity contribution in [2.75, 3.05) is 26.2 Å². The lowest BCUT2D eigenvalue weighted by atomic mass is 9.94. The van der Waals surface area contributed by atoms with Crippen LogP contribution in [0.5, 0.6) is 0 Å². The van der Waals surface area contributed by atoms with Gasteiger partial charge in [0.25, 0.3) is 0 Å². The number of halogens is 9. The minimum atomic E-state index is -4.92. The van der Waals surface area contributed by atoms with Crippen LogP contribution in [-0.4, -0.2) is 37.3 Å². The van der Waals surface area contributed by atoms with Gasteiger partial charge in [0.2, 0.25) is 0 Å². The summed E-state index contributed by atoms with van der Waals surface area (Å²) in [6, 6.07) is 0.527. The van der Waals surface area contributed by atoms with Crippen LogP contribution in [0.3, 0.4) is 0 Å². The Hall–Kier alpha value is -0.770. The summed E-state index contributed by atoms with van der Waals surface area (Å²) in [5.74, 6) is -1.27. The quantitative estimate of drug-likeness (QED) is 0.725. The maximum absolute atomic E-state index is 14.1. The lowest BCUT2D eigenvalue weighted by molar-refractivity contribution is -0.153. The zero-order valence-corrected chi connectivity index (χ0v) is 14.4. The molecule has 0 saturated carbocycles. The van der Waals surface area contributed by atoms with Crippen LogP contribution in [0.1, 0.15) is 23.6 Å². The minimum absolute atomic E-state index is 0. The second kappa shape index (κ2) is 9.25. The molecule has 0 aliphatic carbocycles. The van der Waals surface area contributed by atoms with Crippen molar-refractivity contribution < 1.29 is 30.7 Å². The first kappa shape index (κ1) is 24.2. The molecule has 0 unspecified atom stereocenters. The highest BCUT2D eigenvalue weighted by Gasteiger charge is 2.42. The SMILES string of the molecule is Cl.Cl.Fc1cccc(C(F)(F)F)c1[C@H](CC(F)(F)F)N1CCNCC1. The van der Waals surface area contributed by atoms with Gasteiger partial charge in [-0.2, -0.15) is 26.3 Å². The van der Waals surface area contributed by atoms with Crippen LogP contribution in [0.15, 0.2) is 18.2 Å². The minimum Gasteiger partial charge on any atom is -0.314 e. The first-order valence-corrected chi connectivity index (χ1v) is 6.97. The molecule has 1 atom stereocenters. The standard InChI is InChI=1S/C14H15F7N2.2ClH/c15-10-3-1-2-9(14(19,20)21)12(10)11(8-13(16,17)18)23-6-4-22-5-7-23;;/h1-3,11,22H,4-8H2;2*1H/t11-;;/m0../s1. The molecule has 0 aromatic heterocycles. The smallest absolute Gasteiger partial charge is 0.314 e. The normalized spacial score (nSPS) is 17.4. The van der Waals surface area contributed by atoms with Gasteiger partial charge in [0.05, 0.1) is 12.0 Å². The molecule has 25 heavy (non-hydrogen) atoms. The predicted octanol–water partition coefficient (Wildman–Crippen LogP) is 4.59. The summed E-state index contributed by atoms with van der Waals surface area (Å²) in [5.41, 5.74) is -2.29. The molecule has 1 aromatic rings. The molecule has 1 saturated heterocycles. The van der Waals surface area contributed by atoms with Gasteiger partial charge in [-0.05, 0) is 12.1 Å². The van der Waals surface area contributed by atoms with Crippen molar-refractivity contribution >= 4 is 24.8 Å². The van der Waals surface area contributed by atoms with E-state index in [4.69, 9.17) is 0 Å². The van der Waals surface area contributed by atoms with E-state index in [1.54, 1.807) is 0 Å². The maximum atomic E-state index is 14.1. The van der Waals surface area contributed by atoms with Crippen molar-refractivity contribution in [3.63, 3.8) is 0 Å². The third-order valence-electron chi connectivity index (χ3n) is 3.71. The van der Waals surface area contributed by atoms with E-state index in [1.165, 1.54) is 4.90 Å². The van der Waals surface area contributed by atoms with Crippen LogP contribution in [0, 0.1) is 5.82 Å². The van der Waals surface area contributed by atoms with Crippen LogP contribution >= 0.6 is 24.8 Å². The summed E-state index contributed by atoms with van der Waals surface area (Å²) in [7, 11) is 0. The van der Waals surface area contributed by atoms with Crippen LogP contribution in [0.2, 0.25) is 0 Å². The van der Waals surface area contributed by atoms with Crippen molar-refractivity contribution in [2.24, 2.45) is 0 Å². The van der Waals surface area contributed by atoms with E-state index < -0.39 is 41.8 Å². The van der Waals surface area contributed by atoms with E-state index in [0.29, 0.717) is 19.2 Å². The average molecular weight is 417 g/mol. The molecule has 1 fully saturated rings. The van der Waals surface area contributed by atoms with E-state index in [2.05, 4.69) is 5.32 Å². The fourth-order valence-corrected chi connectivity index (χ4v) is 2.75. The van der Waals surface area contributed by atoms with Gasteiger partial charge in [-0.3, -0.25) is 4.90 Å². The van der Waals surface area contributed by atoms with Gasteiger partial charge in [-0.15, -0.1) is 24.8 Å². The molecule has 0 bridgehead atoms. The number of benzene rings is 1. The molecule has 2 nitrogen and oxygen atoms in total. The molecule has 0 amide bonds. The van der Waals surface area contributed by atoms with E-state index in [-0.39, 0.29) is 37.9 Å². The Labute approximate surface area is 152 Å². The Bertz CT molecular complexity index is 543. The van der Waals surface area contributed by atoms with Gasteiger partial charge < -0.3 is 5.32 Å². The van der Waals surface area contributed by atoms with E-state index in [0.717, 1.165) is 12.1 Å². The van der Waals surface area contributed by atoms with Crippen LogP contribution < -0.4 is 5.32 Å². The van der Waals surface area contributed by atoms with Gasteiger partial charge >= 0.3 is 12.4 Å². The van der Waals surface area contributed by atoms with Gasteiger partial charge in [-0.1, -0.05) is 6.07 Å². The number of rotatable bonds is 3. The van der Waals surface area contributed by atoms with Crippen molar-refractivity contribution in [3.05, 3.63) is 35.1 Å². The number of hydrogen-bond donors (Lipinski definition) is 1. The largest absolute Gasteiger partial charge is 0.416 e. The number of hydrogen-bond acceptors (Lipinski definition) is 2. The summed E-state index contributed by atoms with van der Waals surface area (Å²) < 4.78 is 92.0. The summed E-state index contributed by atoms with van der Waals surface area (Å²) in [5, 5.41) is 2.90. The lowest BCUT2D eigenvalue weighted by Gasteiger charge is -2.36. The highest BCUT2D eigenvalue weighted by molar-refractivity contribution is 5.85. The highest BCUT2D eigenvalue weighted by atomic mass is 35.5. The Balaban J connectivity index is 0.00000288. The summed E-state index contributed by atoms with van der Waals surface area (Å²) in [6.45, 7) is 0.910. The molecular formula is C14H17Cl2F7N2. The second-order valence-electron chi connectivity index (χ2n) is 5.32. The topological polar surface area (TPSA) is 15.3 Å². The van der Waals surface area contributed by atoms with Crippen molar-refractivity contribution in [2.45, 2.75) is 24.8 Å². The molecular weight excluding hydrogens is 400 g/mol. The predicted molar refractivity (Wildman–Crippen MR) is 83.8 cm³/mol. The Morgan fingerprint density at radius 3 is 2.04 bits per heavy atom. The number of nitrogens with zero attached hydrogens (tertiary/aromatic N) is 1. The van der Waals surface area contributed by atoms with Crippen molar-refractivity contribution in [1.29, 1.82) is 0 Å². The van der Waals surface area contributed by atoms with Crippen LogP contribution in [-0.2, 0) is 6.18 Å². The van der Waals surface area contributed by atoms with Gasteiger partial charge in [0, 0.05) is 37.8 Å². The van der Waals surface area contributed by atoms with Crippen LogP contribution in [0.25, 0.3) is 0 Å². The van der Waals surface area contributed by atoms with E-state index in [1.807, 2.05) is 0 Å². The third kappa shape index (κ3) is 6.47. The van der Waals surface area contributed by atoms with Crippen molar-refractivity contribution in [1.82, 2.24) is 10.2 Å². The Morgan fingerprint density at radius 2 is 1.56 bits per heavy atom. The monoisotopic (exact) mass is 416 g/mol.